The van der Waals surface area contributed by atoms with Crippen LogP contribution in [-0.2, 0) is 0 Å². The predicted octanol–water partition coefficient (Wildman–Crippen LogP) is 4.79. The second kappa shape index (κ2) is 5.35. The molecule has 1 atom stereocenters. The number of benzene rings is 3. The third kappa shape index (κ3) is 2.35. The molecule has 0 bridgehead atoms. The Morgan fingerprint density at radius 3 is 2.45 bits per heavy atom. The molecule has 20 heavy (non-hydrogen) atoms. The van der Waals surface area contributed by atoms with Crippen molar-refractivity contribution >= 4 is 26.7 Å². The van der Waals surface area contributed by atoms with E-state index in [4.69, 9.17) is 5.73 Å². The Balaban J connectivity index is 2.15. The molecule has 0 fully saturated rings. The Morgan fingerprint density at radius 1 is 0.900 bits per heavy atom. The van der Waals surface area contributed by atoms with Crippen molar-refractivity contribution in [3.8, 4) is 0 Å². The molecule has 3 aromatic rings. The van der Waals surface area contributed by atoms with Gasteiger partial charge in [-0.2, -0.15) is 0 Å². The van der Waals surface area contributed by atoms with Crippen molar-refractivity contribution in [2.24, 2.45) is 5.73 Å². The molecule has 0 heterocycles. The van der Waals surface area contributed by atoms with Crippen LogP contribution in [0.4, 0.5) is 4.39 Å². The zero-order chi connectivity index (χ0) is 14.1. The summed E-state index contributed by atoms with van der Waals surface area (Å²) < 4.78 is 13.9. The fourth-order valence-electron chi connectivity index (χ4n) is 2.44. The van der Waals surface area contributed by atoms with E-state index in [9.17, 15) is 4.39 Å². The summed E-state index contributed by atoms with van der Waals surface area (Å²) in [6.45, 7) is 0. The summed E-state index contributed by atoms with van der Waals surface area (Å²) in [6.07, 6.45) is 0. The van der Waals surface area contributed by atoms with Gasteiger partial charge in [0.1, 0.15) is 5.82 Å². The molecule has 2 N–H and O–H groups in total. The van der Waals surface area contributed by atoms with Crippen molar-refractivity contribution in [1.29, 1.82) is 0 Å². The molecule has 100 valence electrons. The van der Waals surface area contributed by atoms with Crippen LogP contribution in [0, 0.1) is 5.82 Å². The van der Waals surface area contributed by atoms with Gasteiger partial charge in [0.15, 0.2) is 0 Å². The average Bonchev–Trinajstić information content (AvgIpc) is 2.46. The molecule has 0 saturated heterocycles. The molecule has 0 aliphatic carbocycles. The van der Waals surface area contributed by atoms with Crippen molar-refractivity contribution in [1.82, 2.24) is 0 Å². The lowest BCUT2D eigenvalue weighted by Gasteiger charge is -2.16. The molecule has 3 aromatic carbocycles. The van der Waals surface area contributed by atoms with Gasteiger partial charge in [-0.05, 0) is 34.0 Å². The third-order valence-corrected chi connectivity index (χ3v) is 4.14. The first-order chi connectivity index (χ1) is 9.66. The summed E-state index contributed by atoms with van der Waals surface area (Å²) >= 11 is 3.39. The van der Waals surface area contributed by atoms with Crippen molar-refractivity contribution in [2.75, 3.05) is 0 Å². The van der Waals surface area contributed by atoms with E-state index in [2.05, 4.69) is 34.1 Å². The highest BCUT2D eigenvalue weighted by Crippen LogP contribution is 2.31. The van der Waals surface area contributed by atoms with Crippen LogP contribution >= 0.6 is 15.9 Å². The second-order valence-electron chi connectivity index (χ2n) is 4.71. The van der Waals surface area contributed by atoms with E-state index in [1.807, 2.05) is 24.3 Å². The van der Waals surface area contributed by atoms with Crippen LogP contribution in [0.3, 0.4) is 0 Å². The molecular weight excluding hydrogens is 317 g/mol. The number of nitrogens with two attached hydrogens (primary N) is 1. The van der Waals surface area contributed by atoms with Gasteiger partial charge >= 0.3 is 0 Å². The number of hydrogen-bond donors (Lipinski definition) is 1. The summed E-state index contributed by atoms with van der Waals surface area (Å²) in [4.78, 5) is 0. The topological polar surface area (TPSA) is 26.0 Å². The smallest absolute Gasteiger partial charge is 0.124 e. The molecule has 0 saturated carbocycles. The molecule has 1 nitrogen and oxygen atoms in total. The number of hydrogen-bond acceptors (Lipinski definition) is 1. The molecule has 0 amide bonds. The Morgan fingerprint density at radius 2 is 1.65 bits per heavy atom. The maximum Gasteiger partial charge on any atom is 0.124 e. The highest BCUT2D eigenvalue weighted by Gasteiger charge is 2.15. The highest BCUT2D eigenvalue weighted by molar-refractivity contribution is 9.10. The van der Waals surface area contributed by atoms with Gasteiger partial charge in [-0.3, -0.25) is 0 Å². The van der Waals surface area contributed by atoms with E-state index < -0.39 is 0 Å². The van der Waals surface area contributed by atoms with Gasteiger partial charge in [0.25, 0.3) is 0 Å². The molecule has 0 spiro atoms. The summed E-state index contributed by atoms with van der Waals surface area (Å²) in [6, 6.07) is 18.5. The van der Waals surface area contributed by atoms with E-state index in [1.54, 1.807) is 6.07 Å². The van der Waals surface area contributed by atoms with E-state index in [-0.39, 0.29) is 11.9 Å². The SMILES string of the molecule is NC(c1ccc(F)cc1Br)c1cccc2ccccc12. The maximum absolute atomic E-state index is 13.2. The van der Waals surface area contributed by atoms with Gasteiger partial charge < -0.3 is 5.73 Å². The summed E-state index contributed by atoms with van der Waals surface area (Å²) in [7, 11) is 0. The number of rotatable bonds is 2. The quantitative estimate of drug-likeness (QED) is 0.718. The van der Waals surface area contributed by atoms with Gasteiger partial charge in [0.2, 0.25) is 0 Å². The van der Waals surface area contributed by atoms with Crippen LogP contribution in [0.1, 0.15) is 17.2 Å². The number of halogens is 2. The zero-order valence-electron chi connectivity index (χ0n) is 10.7. The summed E-state index contributed by atoms with van der Waals surface area (Å²) in [5, 5.41) is 2.28. The van der Waals surface area contributed by atoms with Crippen LogP contribution < -0.4 is 5.73 Å². The first-order valence-corrected chi connectivity index (χ1v) is 7.14. The third-order valence-electron chi connectivity index (χ3n) is 3.46. The van der Waals surface area contributed by atoms with Crippen molar-refractivity contribution in [2.45, 2.75) is 6.04 Å². The van der Waals surface area contributed by atoms with E-state index >= 15 is 0 Å². The van der Waals surface area contributed by atoms with Crippen LogP contribution in [0.15, 0.2) is 65.1 Å². The van der Waals surface area contributed by atoms with E-state index in [1.165, 1.54) is 12.1 Å². The molecule has 0 radical (unpaired) electrons. The Hall–Kier alpha value is -1.71. The van der Waals surface area contributed by atoms with Crippen molar-refractivity contribution < 1.29 is 4.39 Å². The van der Waals surface area contributed by atoms with Crippen LogP contribution in [0.5, 0.6) is 0 Å². The molecule has 0 aromatic heterocycles. The Labute approximate surface area is 125 Å². The van der Waals surface area contributed by atoms with Gasteiger partial charge in [-0.25, -0.2) is 4.39 Å². The first-order valence-electron chi connectivity index (χ1n) is 6.35. The van der Waals surface area contributed by atoms with Gasteiger partial charge in [-0.1, -0.05) is 64.5 Å². The van der Waals surface area contributed by atoms with Gasteiger partial charge in [0.05, 0.1) is 6.04 Å². The lowest BCUT2D eigenvalue weighted by Crippen LogP contribution is -2.13. The van der Waals surface area contributed by atoms with Crippen LogP contribution in [0.2, 0.25) is 0 Å². The van der Waals surface area contributed by atoms with Crippen LogP contribution in [0.25, 0.3) is 10.8 Å². The normalized spacial score (nSPS) is 12.6. The van der Waals surface area contributed by atoms with Gasteiger partial charge in [0, 0.05) is 4.47 Å². The second-order valence-corrected chi connectivity index (χ2v) is 5.57. The molecule has 1 unspecified atom stereocenters. The lowest BCUT2D eigenvalue weighted by atomic mass is 9.94. The largest absolute Gasteiger partial charge is 0.320 e. The zero-order valence-corrected chi connectivity index (χ0v) is 12.3. The minimum absolute atomic E-state index is 0.272. The standard InChI is InChI=1S/C17H13BrFN/c18-16-10-12(19)8-9-15(16)17(20)14-7-3-5-11-4-1-2-6-13(11)14/h1-10,17H,20H2. The summed E-state index contributed by atoms with van der Waals surface area (Å²) in [5.41, 5.74) is 8.30. The average molecular weight is 330 g/mol. The fourth-order valence-corrected chi connectivity index (χ4v) is 3.04. The molecule has 0 aliphatic rings. The minimum atomic E-state index is -0.295. The number of fused-ring (bicyclic) bond motifs is 1. The Kier molecular flexibility index (Phi) is 3.55. The lowest BCUT2D eigenvalue weighted by molar-refractivity contribution is 0.625. The highest BCUT2D eigenvalue weighted by atomic mass is 79.9. The van der Waals surface area contributed by atoms with Crippen molar-refractivity contribution in [3.05, 3.63) is 82.1 Å². The fraction of sp³-hybridized carbons (Fsp3) is 0.0588. The van der Waals surface area contributed by atoms with E-state index in [0.29, 0.717) is 4.47 Å². The molecule has 0 aliphatic heterocycles. The van der Waals surface area contributed by atoms with Gasteiger partial charge in [-0.15, -0.1) is 0 Å². The molecular formula is C17H13BrFN. The summed E-state index contributed by atoms with van der Waals surface area (Å²) in [5.74, 6) is -0.272. The molecule has 3 heteroatoms. The van der Waals surface area contributed by atoms with Crippen LogP contribution in [-0.4, -0.2) is 0 Å². The molecule has 3 rings (SSSR count). The van der Waals surface area contributed by atoms with E-state index in [0.717, 1.165) is 21.9 Å². The van der Waals surface area contributed by atoms with Crippen molar-refractivity contribution in [3.63, 3.8) is 0 Å². The predicted molar refractivity (Wildman–Crippen MR) is 84.1 cm³/mol. The first kappa shape index (κ1) is 13.3. The minimum Gasteiger partial charge on any atom is -0.320 e. The maximum atomic E-state index is 13.2. The Bertz CT molecular complexity index is 765. The monoisotopic (exact) mass is 329 g/mol.